The zero-order valence-electron chi connectivity index (χ0n) is 20.6. The number of pyridine rings is 1. The molecule has 0 radical (unpaired) electrons. The minimum atomic E-state index is 1.17. The van der Waals surface area contributed by atoms with Gasteiger partial charge in [0.1, 0.15) is 5.65 Å². The molecule has 0 atom stereocenters. The first-order valence-corrected chi connectivity index (χ1v) is 13.1. The molecule has 0 unspecified atom stereocenters. The van der Waals surface area contributed by atoms with Crippen molar-refractivity contribution in [3.05, 3.63) is 133 Å². The van der Waals surface area contributed by atoms with Crippen molar-refractivity contribution < 1.29 is 0 Å². The number of fused-ring (bicyclic) bond motifs is 8. The summed E-state index contributed by atoms with van der Waals surface area (Å²) < 4.78 is 4.99. The van der Waals surface area contributed by atoms with E-state index in [1.165, 1.54) is 76.7 Å². The van der Waals surface area contributed by atoms with Gasteiger partial charge in [0.15, 0.2) is 0 Å². The second-order valence-electron chi connectivity index (χ2n) is 10.2. The van der Waals surface area contributed by atoms with Crippen molar-refractivity contribution in [3.8, 4) is 16.8 Å². The Morgan fingerprint density at radius 1 is 0.421 bits per heavy atom. The Morgan fingerprint density at radius 2 is 1.13 bits per heavy atom. The van der Waals surface area contributed by atoms with Gasteiger partial charge in [-0.1, -0.05) is 109 Å². The third kappa shape index (κ3) is 2.42. The zero-order valence-corrected chi connectivity index (χ0v) is 20.6. The van der Waals surface area contributed by atoms with Crippen LogP contribution in [0.15, 0.2) is 133 Å². The molecule has 9 rings (SSSR count). The van der Waals surface area contributed by atoms with Crippen molar-refractivity contribution in [1.29, 1.82) is 0 Å². The van der Waals surface area contributed by atoms with Crippen molar-refractivity contribution in [2.75, 3.05) is 0 Å². The normalized spacial score (nSPS) is 12.2. The minimum absolute atomic E-state index is 1.17. The first-order chi connectivity index (χ1) is 18.9. The maximum Gasteiger partial charge on any atom is 0.131 e. The van der Waals surface area contributed by atoms with Crippen LogP contribution in [0.3, 0.4) is 0 Å². The number of benzene rings is 6. The van der Waals surface area contributed by atoms with E-state index in [0.717, 1.165) is 0 Å². The van der Waals surface area contributed by atoms with E-state index in [9.17, 15) is 0 Å². The summed E-state index contributed by atoms with van der Waals surface area (Å²) in [6.07, 6.45) is 0. The van der Waals surface area contributed by atoms with Crippen LogP contribution in [0.5, 0.6) is 0 Å². The SMILES string of the molecule is c1ccc(-c2cccc3c2c2c4cccc5ccc6c7ccccc7n(c6c54)c2n3-c2ccccc2)cc1. The lowest BCUT2D eigenvalue weighted by molar-refractivity contribution is 1.12. The van der Waals surface area contributed by atoms with Gasteiger partial charge in [-0.25, -0.2) is 0 Å². The molecule has 0 spiro atoms. The molecule has 0 aliphatic rings. The van der Waals surface area contributed by atoms with Gasteiger partial charge in [-0.15, -0.1) is 0 Å². The predicted molar refractivity (Wildman–Crippen MR) is 161 cm³/mol. The maximum atomic E-state index is 2.52. The lowest BCUT2D eigenvalue weighted by Crippen LogP contribution is -1.99. The molecule has 0 saturated heterocycles. The average molecular weight is 483 g/mol. The first kappa shape index (κ1) is 20.0. The molecule has 6 aromatic carbocycles. The largest absolute Gasteiger partial charge is 0.295 e. The van der Waals surface area contributed by atoms with Crippen molar-refractivity contribution in [2.45, 2.75) is 0 Å². The van der Waals surface area contributed by atoms with Crippen LogP contribution in [0.2, 0.25) is 0 Å². The van der Waals surface area contributed by atoms with Gasteiger partial charge in [-0.3, -0.25) is 8.97 Å². The standard InChI is InChI=1S/C36H22N2/c1-3-11-23(12-4-1)26-17-10-20-31-33(26)34-29-18-9-13-24-21-22-28-27-16-7-8-19-30(27)38(35(28)32(24)29)36(34)37(31)25-14-5-2-6-15-25/h1-22H. The molecule has 0 aliphatic heterocycles. The van der Waals surface area contributed by atoms with E-state index in [1.54, 1.807) is 0 Å². The number of hydrogen-bond acceptors (Lipinski definition) is 0. The third-order valence-electron chi connectivity index (χ3n) is 8.23. The predicted octanol–water partition coefficient (Wildman–Crippen LogP) is 9.60. The fourth-order valence-corrected chi connectivity index (χ4v) is 6.75. The Bertz CT molecular complexity index is 2320. The molecule has 38 heavy (non-hydrogen) atoms. The lowest BCUT2D eigenvalue weighted by Gasteiger charge is -2.13. The molecule has 176 valence electrons. The zero-order chi connectivity index (χ0) is 24.8. The summed E-state index contributed by atoms with van der Waals surface area (Å²) >= 11 is 0. The molecule has 3 aromatic heterocycles. The number of para-hydroxylation sites is 2. The summed E-state index contributed by atoms with van der Waals surface area (Å²) in [4.78, 5) is 0. The summed E-state index contributed by atoms with van der Waals surface area (Å²) in [6, 6.07) is 48.6. The van der Waals surface area contributed by atoms with Crippen molar-refractivity contribution in [2.24, 2.45) is 0 Å². The van der Waals surface area contributed by atoms with E-state index < -0.39 is 0 Å². The molecule has 0 N–H and O–H groups in total. The van der Waals surface area contributed by atoms with Gasteiger partial charge in [0.2, 0.25) is 0 Å². The summed E-state index contributed by atoms with van der Waals surface area (Å²) in [7, 11) is 0. The first-order valence-electron chi connectivity index (χ1n) is 13.1. The molecule has 0 bridgehead atoms. The monoisotopic (exact) mass is 482 g/mol. The highest BCUT2D eigenvalue weighted by atomic mass is 15.1. The van der Waals surface area contributed by atoms with Gasteiger partial charge in [-0.2, -0.15) is 0 Å². The summed E-state index contributed by atoms with van der Waals surface area (Å²) in [5.41, 5.74) is 8.64. The van der Waals surface area contributed by atoms with Crippen molar-refractivity contribution in [3.63, 3.8) is 0 Å². The van der Waals surface area contributed by atoms with E-state index in [0.29, 0.717) is 0 Å². The fraction of sp³-hybridized carbons (Fsp3) is 0. The summed E-state index contributed by atoms with van der Waals surface area (Å²) in [6.45, 7) is 0. The number of nitrogens with zero attached hydrogens (tertiary/aromatic N) is 2. The fourth-order valence-electron chi connectivity index (χ4n) is 6.75. The van der Waals surface area contributed by atoms with Crippen LogP contribution in [0.25, 0.3) is 76.7 Å². The second kappa shape index (κ2) is 7.24. The lowest BCUT2D eigenvalue weighted by atomic mass is 9.95. The minimum Gasteiger partial charge on any atom is -0.295 e. The van der Waals surface area contributed by atoms with Gasteiger partial charge in [0.05, 0.1) is 16.6 Å². The van der Waals surface area contributed by atoms with Gasteiger partial charge >= 0.3 is 0 Å². The smallest absolute Gasteiger partial charge is 0.131 e. The van der Waals surface area contributed by atoms with Gasteiger partial charge in [0, 0.05) is 32.6 Å². The highest BCUT2D eigenvalue weighted by Gasteiger charge is 2.25. The van der Waals surface area contributed by atoms with E-state index in [4.69, 9.17) is 0 Å². The van der Waals surface area contributed by atoms with Gasteiger partial charge in [-0.05, 0) is 46.2 Å². The van der Waals surface area contributed by atoms with Crippen LogP contribution in [0.4, 0.5) is 0 Å². The molecule has 0 aliphatic carbocycles. The van der Waals surface area contributed by atoms with Crippen molar-refractivity contribution >= 4 is 59.9 Å². The number of aromatic nitrogens is 2. The molecule has 0 saturated carbocycles. The summed E-state index contributed by atoms with van der Waals surface area (Å²) in [5.74, 6) is 0. The van der Waals surface area contributed by atoms with E-state index in [2.05, 4.69) is 142 Å². The molecule has 0 amide bonds. The second-order valence-corrected chi connectivity index (χ2v) is 10.2. The molecule has 0 fully saturated rings. The Hall–Kier alpha value is -5.08. The maximum absolute atomic E-state index is 2.52. The Morgan fingerprint density at radius 3 is 2.00 bits per heavy atom. The van der Waals surface area contributed by atoms with Crippen LogP contribution in [0, 0.1) is 0 Å². The number of hydrogen-bond donors (Lipinski definition) is 0. The van der Waals surface area contributed by atoms with Crippen LogP contribution in [0.1, 0.15) is 0 Å². The Balaban J connectivity index is 1.69. The van der Waals surface area contributed by atoms with E-state index in [1.807, 2.05) is 0 Å². The van der Waals surface area contributed by atoms with Crippen molar-refractivity contribution in [1.82, 2.24) is 8.97 Å². The van der Waals surface area contributed by atoms with Crippen LogP contribution < -0.4 is 0 Å². The molecular weight excluding hydrogens is 460 g/mol. The third-order valence-corrected chi connectivity index (χ3v) is 8.23. The van der Waals surface area contributed by atoms with Gasteiger partial charge in [0.25, 0.3) is 0 Å². The average Bonchev–Trinajstić information content (AvgIpc) is 3.51. The van der Waals surface area contributed by atoms with Crippen LogP contribution >= 0.6 is 0 Å². The Kier molecular flexibility index (Phi) is 3.82. The molecule has 2 nitrogen and oxygen atoms in total. The van der Waals surface area contributed by atoms with E-state index in [-0.39, 0.29) is 0 Å². The van der Waals surface area contributed by atoms with Crippen LogP contribution in [-0.2, 0) is 0 Å². The Labute approximate surface area is 218 Å². The molecule has 2 heteroatoms. The topological polar surface area (TPSA) is 9.34 Å². The molecule has 9 aromatic rings. The van der Waals surface area contributed by atoms with Gasteiger partial charge < -0.3 is 0 Å². The summed E-state index contributed by atoms with van der Waals surface area (Å²) in [5, 5.41) is 9.12. The van der Waals surface area contributed by atoms with E-state index >= 15 is 0 Å². The van der Waals surface area contributed by atoms with Crippen LogP contribution in [-0.4, -0.2) is 8.97 Å². The molecule has 3 heterocycles. The quantitative estimate of drug-likeness (QED) is 0.232. The number of rotatable bonds is 2. The highest BCUT2D eigenvalue weighted by molar-refractivity contribution is 6.33. The molecular formula is C36H22N2. The highest BCUT2D eigenvalue weighted by Crippen LogP contribution is 2.47.